The molecule has 0 heterocycles. The van der Waals surface area contributed by atoms with Gasteiger partial charge in [-0.25, -0.2) is 4.79 Å². The number of aliphatic carboxylic acids is 1. The van der Waals surface area contributed by atoms with Gasteiger partial charge in [0, 0.05) is 13.1 Å². The number of likely N-dealkylation sites (N-methyl/N-ethyl adjacent to an activating group) is 1. The van der Waals surface area contributed by atoms with E-state index in [1.807, 2.05) is 0 Å². The van der Waals surface area contributed by atoms with Gasteiger partial charge in [0.2, 0.25) is 0 Å². The molecule has 0 unspecified atom stereocenters. The topological polar surface area (TPSA) is 89.9 Å². The first kappa shape index (κ1) is 15.8. The lowest BCUT2D eigenvalue weighted by molar-refractivity contribution is -0.142. The lowest BCUT2D eigenvalue weighted by Crippen LogP contribution is -2.48. The Labute approximate surface area is 113 Å². The summed E-state index contributed by atoms with van der Waals surface area (Å²) in [5.41, 5.74) is -0.924. The van der Waals surface area contributed by atoms with Crippen LogP contribution in [0.1, 0.15) is 39.5 Å². The van der Waals surface area contributed by atoms with Crippen LogP contribution in [0.4, 0.5) is 4.79 Å². The van der Waals surface area contributed by atoms with Crippen molar-refractivity contribution in [3.05, 3.63) is 0 Å². The average Bonchev–Trinajstić information content (AvgIpc) is 2.27. The van der Waals surface area contributed by atoms with Crippen LogP contribution in [0.5, 0.6) is 0 Å². The Morgan fingerprint density at radius 2 is 1.79 bits per heavy atom. The van der Waals surface area contributed by atoms with Crippen molar-refractivity contribution in [2.75, 3.05) is 13.6 Å². The van der Waals surface area contributed by atoms with E-state index in [9.17, 15) is 14.7 Å². The minimum Gasteiger partial charge on any atom is -0.481 e. The van der Waals surface area contributed by atoms with Crippen molar-refractivity contribution in [1.29, 1.82) is 0 Å². The average molecular weight is 272 g/mol. The van der Waals surface area contributed by atoms with E-state index in [1.54, 1.807) is 20.9 Å². The van der Waals surface area contributed by atoms with Crippen LogP contribution in [0.2, 0.25) is 0 Å². The lowest BCUT2D eigenvalue weighted by atomic mass is 9.86. The number of hydrogen-bond acceptors (Lipinski definition) is 3. The molecule has 0 aromatic rings. The fourth-order valence-corrected chi connectivity index (χ4v) is 2.42. The molecule has 3 N–H and O–H groups in total. The maximum atomic E-state index is 11.9. The van der Waals surface area contributed by atoms with Gasteiger partial charge in [0.25, 0.3) is 0 Å². The summed E-state index contributed by atoms with van der Waals surface area (Å²) < 4.78 is 0. The Morgan fingerprint density at radius 1 is 1.26 bits per heavy atom. The number of nitrogens with one attached hydrogen (secondary N) is 1. The number of carbonyl (C=O) groups is 2. The molecule has 0 atom stereocenters. The van der Waals surface area contributed by atoms with Gasteiger partial charge in [-0.05, 0) is 39.5 Å². The van der Waals surface area contributed by atoms with Crippen molar-refractivity contribution in [2.45, 2.75) is 51.2 Å². The van der Waals surface area contributed by atoms with Crippen molar-refractivity contribution >= 4 is 12.0 Å². The highest BCUT2D eigenvalue weighted by Gasteiger charge is 2.28. The standard InChI is InChI=1S/C13H24N2O4/c1-13(2,19)8-15(3)12(18)14-10-6-4-9(5-7-10)11(16)17/h9-10,19H,4-8H2,1-3H3,(H,14,18)(H,16,17). The number of carboxylic acid groups (broad SMARTS) is 1. The molecule has 0 spiro atoms. The number of amides is 2. The maximum absolute atomic E-state index is 11.9. The third-order valence-corrected chi connectivity index (χ3v) is 3.37. The first-order valence-corrected chi connectivity index (χ1v) is 6.66. The van der Waals surface area contributed by atoms with E-state index in [2.05, 4.69) is 5.32 Å². The lowest BCUT2D eigenvalue weighted by Gasteiger charge is -2.30. The van der Waals surface area contributed by atoms with Crippen molar-refractivity contribution < 1.29 is 19.8 Å². The second-order valence-corrected chi connectivity index (χ2v) is 6.00. The number of aliphatic hydroxyl groups is 1. The van der Waals surface area contributed by atoms with Crippen LogP contribution >= 0.6 is 0 Å². The zero-order valence-electron chi connectivity index (χ0n) is 11.8. The van der Waals surface area contributed by atoms with Crippen LogP contribution in [0.15, 0.2) is 0 Å². The van der Waals surface area contributed by atoms with Gasteiger partial charge in [-0.3, -0.25) is 4.79 Å². The molecule has 1 saturated carbocycles. The quantitative estimate of drug-likeness (QED) is 0.713. The Kier molecular flexibility index (Phi) is 5.17. The minimum atomic E-state index is -0.924. The van der Waals surface area contributed by atoms with Gasteiger partial charge in [0.15, 0.2) is 0 Å². The van der Waals surface area contributed by atoms with Gasteiger partial charge >= 0.3 is 12.0 Å². The third kappa shape index (κ3) is 5.46. The van der Waals surface area contributed by atoms with Gasteiger partial charge in [-0.15, -0.1) is 0 Å². The molecular weight excluding hydrogens is 248 g/mol. The molecule has 0 aromatic carbocycles. The molecule has 0 aliphatic heterocycles. The Bertz CT molecular complexity index is 330. The van der Waals surface area contributed by atoms with Gasteiger partial charge in [-0.2, -0.15) is 0 Å². The van der Waals surface area contributed by atoms with E-state index in [0.29, 0.717) is 25.7 Å². The molecule has 0 aromatic heterocycles. The number of urea groups is 1. The summed E-state index contributed by atoms with van der Waals surface area (Å²) in [6, 6.07) is -0.187. The monoisotopic (exact) mass is 272 g/mol. The van der Waals surface area contributed by atoms with E-state index in [4.69, 9.17) is 5.11 Å². The molecule has 0 saturated heterocycles. The molecule has 0 bridgehead atoms. The van der Waals surface area contributed by atoms with Gasteiger partial charge in [0.1, 0.15) is 0 Å². The van der Waals surface area contributed by atoms with Crippen LogP contribution in [0.25, 0.3) is 0 Å². The summed E-state index contributed by atoms with van der Waals surface area (Å²) in [6.07, 6.45) is 2.60. The Hall–Kier alpha value is -1.30. The molecule has 1 aliphatic rings. The van der Waals surface area contributed by atoms with Crippen molar-refractivity contribution in [1.82, 2.24) is 10.2 Å². The maximum Gasteiger partial charge on any atom is 0.317 e. The molecule has 6 nitrogen and oxygen atoms in total. The van der Waals surface area contributed by atoms with Crippen molar-refractivity contribution in [2.24, 2.45) is 5.92 Å². The fraction of sp³-hybridized carbons (Fsp3) is 0.846. The van der Waals surface area contributed by atoms with Crippen molar-refractivity contribution in [3.8, 4) is 0 Å². The first-order valence-electron chi connectivity index (χ1n) is 6.66. The second kappa shape index (κ2) is 6.23. The van der Waals surface area contributed by atoms with Gasteiger partial charge in [-0.1, -0.05) is 0 Å². The molecular formula is C13H24N2O4. The van der Waals surface area contributed by atoms with E-state index in [0.717, 1.165) is 0 Å². The van der Waals surface area contributed by atoms with Crippen LogP contribution in [0, 0.1) is 5.92 Å². The largest absolute Gasteiger partial charge is 0.481 e. The summed E-state index contributed by atoms with van der Waals surface area (Å²) in [5, 5.41) is 21.4. The molecule has 1 aliphatic carbocycles. The molecule has 110 valence electrons. The molecule has 0 radical (unpaired) electrons. The Morgan fingerprint density at radius 3 is 2.21 bits per heavy atom. The molecule has 1 fully saturated rings. The highest BCUT2D eigenvalue weighted by atomic mass is 16.4. The SMILES string of the molecule is CN(CC(C)(C)O)C(=O)NC1CCC(C(=O)O)CC1. The highest BCUT2D eigenvalue weighted by Crippen LogP contribution is 2.24. The zero-order valence-corrected chi connectivity index (χ0v) is 11.8. The molecule has 2 amide bonds. The molecule has 19 heavy (non-hydrogen) atoms. The normalized spacial score (nSPS) is 23.8. The van der Waals surface area contributed by atoms with Crippen LogP contribution < -0.4 is 5.32 Å². The third-order valence-electron chi connectivity index (χ3n) is 3.37. The first-order chi connectivity index (χ1) is 8.69. The van der Waals surface area contributed by atoms with E-state index < -0.39 is 11.6 Å². The summed E-state index contributed by atoms with van der Waals surface area (Å²) in [6.45, 7) is 3.55. The van der Waals surface area contributed by atoms with E-state index >= 15 is 0 Å². The number of rotatable bonds is 4. The van der Waals surface area contributed by atoms with Gasteiger partial charge < -0.3 is 20.4 Å². The predicted molar refractivity (Wildman–Crippen MR) is 70.8 cm³/mol. The Balaban J connectivity index is 2.36. The van der Waals surface area contributed by atoms with E-state index in [-0.39, 0.29) is 24.5 Å². The summed E-state index contributed by atoms with van der Waals surface area (Å²) >= 11 is 0. The zero-order chi connectivity index (χ0) is 14.6. The summed E-state index contributed by atoms with van der Waals surface area (Å²) in [4.78, 5) is 24.2. The smallest absolute Gasteiger partial charge is 0.317 e. The summed E-state index contributed by atoms with van der Waals surface area (Å²) in [5.74, 6) is -1.02. The van der Waals surface area contributed by atoms with Crippen LogP contribution in [-0.4, -0.2) is 52.3 Å². The molecule has 1 rings (SSSR count). The number of carbonyl (C=O) groups excluding carboxylic acids is 1. The molecule has 6 heteroatoms. The predicted octanol–water partition coefficient (Wildman–Crippen LogP) is 1.04. The van der Waals surface area contributed by atoms with Gasteiger partial charge in [0.05, 0.1) is 18.1 Å². The summed E-state index contributed by atoms with van der Waals surface area (Å²) in [7, 11) is 1.64. The number of hydrogen-bond donors (Lipinski definition) is 3. The minimum absolute atomic E-state index is 0.0346. The highest BCUT2D eigenvalue weighted by molar-refractivity contribution is 5.74. The van der Waals surface area contributed by atoms with E-state index in [1.165, 1.54) is 4.90 Å². The fourth-order valence-electron chi connectivity index (χ4n) is 2.42. The van der Waals surface area contributed by atoms with Crippen molar-refractivity contribution in [3.63, 3.8) is 0 Å². The second-order valence-electron chi connectivity index (χ2n) is 6.00. The van der Waals surface area contributed by atoms with Crippen LogP contribution in [-0.2, 0) is 4.79 Å². The number of nitrogens with zero attached hydrogens (tertiary/aromatic N) is 1. The van der Waals surface area contributed by atoms with Crippen LogP contribution in [0.3, 0.4) is 0 Å². The number of carboxylic acids is 1.